The van der Waals surface area contributed by atoms with Crippen LogP contribution in [0, 0.1) is 22.9 Å². The number of benzene rings is 4. The summed E-state index contributed by atoms with van der Waals surface area (Å²) in [5.41, 5.74) is 4.97. The third-order valence-corrected chi connectivity index (χ3v) is 16.4. The van der Waals surface area contributed by atoms with Gasteiger partial charge in [-0.15, -0.1) is 0 Å². The third-order valence-electron chi connectivity index (χ3n) is 13.5. The van der Waals surface area contributed by atoms with Gasteiger partial charge in [-0.2, -0.15) is 4.98 Å². The molecule has 1 amide bonds. The molecule has 0 spiro atoms. The van der Waals surface area contributed by atoms with Crippen LogP contribution in [0.5, 0.6) is 5.88 Å². The number of nitrogens with zero attached hydrogens (tertiary/aromatic N) is 6. The number of sulfone groups is 1. The molecule has 392 valence electrons. The average molecular weight is 1080 g/mol. The number of nitro benzene ring substituents is 1. The Morgan fingerprint density at radius 3 is 2.33 bits per heavy atom. The molecule has 2 fully saturated rings. The van der Waals surface area contributed by atoms with Crippen LogP contribution in [0.1, 0.15) is 35.9 Å². The number of H-pyrrole nitrogens is 1. The van der Waals surface area contributed by atoms with E-state index in [1.165, 1.54) is 30.3 Å². The van der Waals surface area contributed by atoms with Gasteiger partial charge < -0.3 is 43.8 Å². The predicted octanol–water partition coefficient (Wildman–Crippen LogP) is 8.50. The quantitative estimate of drug-likeness (QED) is 0.0686. The second-order valence-electron chi connectivity index (χ2n) is 18.8. The number of pyridine rings is 1. The Morgan fingerprint density at radius 2 is 1.64 bits per heavy atom. The van der Waals surface area contributed by atoms with Gasteiger partial charge in [0, 0.05) is 90.3 Å². The third kappa shape index (κ3) is 10.3. The summed E-state index contributed by atoms with van der Waals surface area (Å²) in [4.78, 5) is 39.2. The Bertz CT molecular complexity index is 3600. The van der Waals surface area contributed by atoms with Crippen molar-refractivity contribution >= 4 is 82.5 Å². The second kappa shape index (κ2) is 20.5. The molecule has 3 N–H and O–H groups in total. The molecule has 4 aromatic carbocycles. The maximum Gasteiger partial charge on any atom is 0.293 e. The summed E-state index contributed by atoms with van der Waals surface area (Å²) >= 11 is 6.29. The maximum atomic E-state index is 16.0. The summed E-state index contributed by atoms with van der Waals surface area (Å²) in [6.45, 7) is 9.16. The zero-order valence-corrected chi connectivity index (χ0v) is 43.7. The number of piperazine rings is 1. The largest absolute Gasteiger partial charge is 0.474 e. The molecule has 19 nitrogen and oxygen atoms in total. The number of carbonyl (C=O) groups is 1. The van der Waals surface area contributed by atoms with E-state index in [2.05, 4.69) is 24.9 Å². The van der Waals surface area contributed by atoms with E-state index in [1.807, 2.05) is 58.5 Å². The van der Waals surface area contributed by atoms with Crippen LogP contribution in [0.2, 0.25) is 5.02 Å². The highest BCUT2D eigenvalue weighted by molar-refractivity contribution is 7.91. The molecule has 1 unspecified atom stereocenters. The van der Waals surface area contributed by atoms with Gasteiger partial charge in [0.1, 0.15) is 29.4 Å². The van der Waals surface area contributed by atoms with Crippen molar-refractivity contribution in [1.82, 2.24) is 19.3 Å². The topological polar surface area (TPSA) is 224 Å². The van der Waals surface area contributed by atoms with Gasteiger partial charge in [-0.05, 0) is 105 Å². The molecule has 23 heteroatoms. The fourth-order valence-electron chi connectivity index (χ4n) is 10.2. The SMILES string of the molecule is Cc1c(S(C)(=O)=O)c(-c2cc(F)cc(N3CCN(c4ccc(C(=O)NS(=O)(=O)c5ccc(NCC6COCCO6)c([N+](=O)[O-])c5)c(N5CCOc6nc7[nH]ccc7cc65)c4)CC3)c2)c(-c2ccc(Cl)cc2)n1C(C)C. The molecule has 1 atom stereocenters. The monoisotopic (exact) mass is 1080 g/mol. The van der Waals surface area contributed by atoms with E-state index in [4.69, 9.17) is 25.8 Å². The van der Waals surface area contributed by atoms with Gasteiger partial charge in [0.05, 0.1) is 64.1 Å². The lowest BCUT2D eigenvalue weighted by molar-refractivity contribution is -0.384. The first kappa shape index (κ1) is 51.3. The molecule has 3 aliphatic heterocycles. The van der Waals surface area contributed by atoms with E-state index in [0.717, 1.165) is 23.3 Å². The number of ether oxygens (including phenoxy) is 3. The van der Waals surface area contributed by atoms with Crippen molar-refractivity contribution in [1.29, 1.82) is 0 Å². The Morgan fingerprint density at radius 1 is 0.893 bits per heavy atom. The number of anilines is 5. The first-order valence-electron chi connectivity index (χ1n) is 24.2. The number of carbonyl (C=O) groups excluding carboxylic acids is 1. The van der Waals surface area contributed by atoms with Crippen molar-refractivity contribution in [2.45, 2.75) is 42.7 Å². The van der Waals surface area contributed by atoms with Crippen molar-refractivity contribution < 1.29 is 45.2 Å². The number of nitrogens with one attached hydrogen (secondary N) is 3. The minimum absolute atomic E-state index is 0.00859. The molecule has 0 aliphatic carbocycles. The number of aromatic nitrogens is 3. The number of sulfonamides is 1. The van der Waals surface area contributed by atoms with Gasteiger partial charge >= 0.3 is 0 Å². The smallest absolute Gasteiger partial charge is 0.293 e. The van der Waals surface area contributed by atoms with Gasteiger partial charge in [0.25, 0.3) is 21.6 Å². The molecule has 75 heavy (non-hydrogen) atoms. The van der Waals surface area contributed by atoms with E-state index in [-0.39, 0.29) is 48.0 Å². The van der Waals surface area contributed by atoms with Crippen molar-refractivity contribution in [3.05, 3.63) is 129 Å². The van der Waals surface area contributed by atoms with Gasteiger partial charge in [0.15, 0.2) is 9.84 Å². The average Bonchev–Trinajstić information content (AvgIpc) is 4.00. The summed E-state index contributed by atoms with van der Waals surface area (Å²) in [5, 5.41) is 16.4. The van der Waals surface area contributed by atoms with E-state index >= 15 is 4.39 Å². The minimum Gasteiger partial charge on any atom is -0.474 e. The van der Waals surface area contributed by atoms with Crippen LogP contribution in [-0.4, -0.2) is 120 Å². The Labute approximate surface area is 437 Å². The molecule has 3 aromatic heterocycles. The molecule has 7 aromatic rings. The lowest BCUT2D eigenvalue weighted by atomic mass is 9.99. The summed E-state index contributed by atoms with van der Waals surface area (Å²) in [6, 6.07) is 23.7. The minimum atomic E-state index is -4.68. The van der Waals surface area contributed by atoms with E-state index in [1.54, 1.807) is 37.4 Å². The Kier molecular flexibility index (Phi) is 14.0. The van der Waals surface area contributed by atoms with Crippen LogP contribution in [0.3, 0.4) is 0 Å². The fraction of sp³-hybridized carbons (Fsp3) is 0.308. The second-order valence-corrected chi connectivity index (χ2v) is 22.9. The molecule has 2 saturated heterocycles. The molecule has 10 rings (SSSR count). The number of hydrogen-bond donors (Lipinski definition) is 3. The molecular weight excluding hydrogens is 1030 g/mol. The van der Waals surface area contributed by atoms with Crippen molar-refractivity contribution in [3.63, 3.8) is 0 Å². The van der Waals surface area contributed by atoms with Crippen molar-refractivity contribution in [2.24, 2.45) is 0 Å². The number of halogens is 2. The van der Waals surface area contributed by atoms with Crippen LogP contribution in [-0.2, 0) is 29.3 Å². The number of nitro groups is 1. The summed E-state index contributed by atoms with van der Waals surface area (Å²) in [7, 11) is -8.50. The lowest BCUT2D eigenvalue weighted by Gasteiger charge is -2.38. The molecule has 0 radical (unpaired) electrons. The van der Waals surface area contributed by atoms with Crippen LogP contribution >= 0.6 is 11.6 Å². The van der Waals surface area contributed by atoms with Crippen molar-refractivity contribution in [3.8, 4) is 28.3 Å². The molecular formula is C52H53ClFN9O10S2. The summed E-state index contributed by atoms with van der Waals surface area (Å²) in [5.74, 6) is -1.22. The van der Waals surface area contributed by atoms with E-state index in [0.29, 0.717) is 108 Å². The number of hydrogen-bond acceptors (Lipinski definition) is 15. The Hall–Kier alpha value is -7.24. The highest BCUT2D eigenvalue weighted by Crippen LogP contribution is 2.45. The number of fused-ring (bicyclic) bond motifs is 2. The molecule has 0 saturated carbocycles. The number of amides is 1. The van der Waals surface area contributed by atoms with Gasteiger partial charge in [-0.25, -0.2) is 25.9 Å². The molecule has 3 aliphatic rings. The summed E-state index contributed by atoms with van der Waals surface area (Å²) in [6.07, 6.45) is 2.54. The lowest BCUT2D eigenvalue weighted by Crippen LogP contribution is -2.46. The Balaban J connectivity index is 0.953. The van der Waals surface area contributed by atoms with Crippen molar-refractivity contribution in [2.75, 3.05) is 92.0 Å². The highest BCUT2D eigenvalue weighted by atomic mass is 35.5. The van der Waals surface area contributed by atoms with E-state index < -0.39 is 47.1 Å². The van der Waals surface area contributed by atoms with Crippen LogP contribution in [0.15, 0.2) is 107 Å². The normalized spacial score (nSPS) is 16.3. The number of aromatic amines is 1. The van der Waals surface area contributed by atoms with Crippen LogP contribution in [0.4, 0.5) is 38.5 Å². The summed E-state index contributed by atoms with van der Waals surface area (Å²) < 4.78 is 92.3. The predicted molar refractivity (Wildman–Crippen MR) is 285 cm³/mol. The molecule has 6 heterocycles. The first-order valence-corrected chi connectivity index (χ1v) is 27.9. The number of rotatable bonds is 14. The molecule has 0 bridgehead atoms. The van der Waals surface area contributed by atoms with Crippen LogP contribution in [0.25, 0.3) is 33.4 Å². The van der Waals surface area contributed by atoms with Gasteiger partial charge in [-0.1, -0.05) is 23.7 Å². The first-order chi connectivity index (χ1) is 35.8. The van der Waals surface area contributed by atoms with Gasteiger partial charge in [-0.3, -0.25) is 14.9 Å². The fourth-order valence-corrected chi connectivity index (χ4v) is 12.5. The van der Waals surface area contributed by atoms with Gasteiger partial charge in [0.2, 0.25) is 5.88 Å². The van der Waals surface area contributed by atoms with E-state index in [9.17, 15) is 31.7 Å². The standard InChI is InChI=1S/C52H53ClFN9O10S2/c1-31(2)62-32(3)49(74(4,67)68)47(48(62)33-5-7-36(53)8-6-33)35-23-37(54)26-39(24-35)60-17-15-59(16-18-60)38-9-11-42(44(27-38)61-19-20-73-52-46(61)25-34-13-14-55-50(34)57-52)51(64)58-75(69,70)41-10-12-43(45(28-41)63(65)66)56-29-40-30-71-21-22-72-40/h5-14,23-28,31,40,56H,15-22,29-30H2,1-4H3,(H,55,57)(H,58,64). The zero-order valence-electron chi connectivity index (χ0n) is 41.3. The maximum absolute atomic E-state index is 16.0. The van der Waals surface area contributed by atoms with Crippen LogP contribution < -0.4 is 29.5 Å². The highest BCUT2D eigenvalue weighted by Gasteiger charge is 2.33. The zero-order chi connectivity index (χ0) is 52.9.